The van der Waals surface area contributed by atoms with E-state index in [0.717, 1.165) is 24.9 Å². The summed E-state index contributed by atoms with van der Waals surface area (Å²) in [6.45, 7) is 0.748. The minimum Gasteiger partial charge on any atom is -0.368 e. The molecule has 4 nitrogen and oxygen atoms in total. The Bertz CT molecular complexity index is 397. The van der Waals surface area contributed by atoms with E-state index in [9.17, 15) is 9.18 Å². The summed E-state index contributed by atoms with van der Waals surface area (Å²) in [7, 11) is 0. The minimum absolute atomic E-state index is 0.239. The lowest BCUT2D eigenvalue weighted by molar-refractivity contribution is -0.119. The van der Waals surface area contributed by atoms with E-state index in [0.29, 0.717) is 5.92 Å². The highest BCUT2D eigenvalue weighted by atomic mass is 19.1. The van der Waals surface area contributed by atoms with Crippen LogP contribution in [-0.4, -0.2) is 23.5 Å². The summed E-state index contributed by atoms with van der Waals surface area (Å²) in [6.07, 6.45) is 2.92. The SMILES string of the molecule is NC(=O)C1CC(Cc2ccnc(F)c2)CN1. The zero-order chi connectivity index (χ0) is 11.5. The van der Waals surface area contributed by atoms with Crippen LogP contribution in [0.2, 0.25) is 0 Å². The quantitative estimate of drug-likeness (QED) is 0.721. The van der Waals surface area contributed by atoms with Crippen molar-refractivity contribution in [2.45, 2.75) is 18.9 Å². The first kappa shape index (κ1) is 11.0. The molecule has 0 spiro atoms. The number of rotatable bonds is 3. The molecule has 2 heterocycles. The number of halogens is 1. The Balaban J connectivity index is 1.94. The number of primary amides is 1. The highest BCUT2D eigenvalue weighted by molar-refractivity contribution is 5.80. The van der Waals surface area contributed by atoms with Crippen LogP contribution in [0.5, 0.6) is 0 Å². The molecule has 2 unspecified atom stereocenters. The van der Waals surface area contributed by atoms with Crippen LogP contribution in [0.25, 0.3) is 0 Å². The van der Waals surface area contributed by atoms with Crippen molar-refractivity contribution >= 4 is 5.91 Å². The molecule has 1 aliphatic rings. The normalized spacial score (nSPS) is 24.6. The fourth-order valence-electron chi connectivity index (χ4n) is 2.08. The third-order valence-corrected chi connectivity index (χ3v) is 2.88. The predicted molar refractivity (Wildman–Crippen MR) is 57.0 cm³/mol. The molecule has 0 bridgehead atoms. The molecule has 1 aliphatic heterocycles. The smallest absolute Gasteiger partial charge is 0.234 e. The summed E-state index contributed by atoms with van der Waals surface area (Å²) >= 11 is 0. The van der Waals surface area contributed by atoms with Gasteiger partial charge in [0.15, 0.2) is 0 Å². The monoisotopic (exact) mass is 223 g/mol. The van der Waals surface area contributed by atoms with E-state index in [1.54, 1.807) is 6.07 Å². The van der Waals surface area contributed by atoms with Gasteiger partial charge in [-0.05, 0) is 43.0 Å². The highest BCUT2D eigenvalue weighted by Gasteiger charge is 2.27. The standard InChI is InChI=1S/C11H14FN3O/c12-10-5-7(1-2-14-10)3-8-4-9(11(13)16)15-6-8/h1-2,5,8-9,15H,3-4,6H2,(H2,13,16). The molecule has 1 amide bonds. The van der Waals surface area contributed by atoms with Gasteiger partial charge in [-0.1, -0.05) is 0 Å². The van der Waals surface area contributed by atoms with Crippen molar-refractivity contribution in [3.05, 3.63) is 29.8 Å². The fraction of sp³-hybridized carbons (Fsp3) is 0.455. The van der Waals surface area contributed by atoms with Gasteiger partial charge < -0.3 is 11.1 Å². The van der Waals surface area contributed by atoms with Crippen LogP contribution in [0.1, 0.15) is 12.0 Å². The Kier molecular flexibility index (Phi) is 3.14. The van der Waals surface area contributed by atoms with E-state index in [2.05, 4.69) is 10.3 Å². The van der Waals surface area contributed by atoms with Gasteiger partial charge in [0.25, 0.3) is 0 Å². The molecule has 5 heteroatoms. The Morgan fingerprint density at radius 3 is 3.12 bits per heavy atom. The molecule has 1 aromatic heterocycles. The van der Waals surface area contributed by atoms with Gasteiger partial charge in [0.2, 0.25) is 11.9 Å². The zero-order valence-electron chi connectivity index (χ0n) is 8.82. The summed E-state index contributed by atoms with van der Waals surface area (Å²) in [5.41, 5.74) is 6.11. The van der Waals surface area contributed by atoms with Crippen molar-refractivity contribution in [3.8, 4) is 0 Å². The second-order valence-corrected chi connectivity index (χ2v) is 4.16. The number of hydrogen-bond acceptors (Lipinski definition) is 3. The van der Waals surface area contributed by atoms with Crippen molar-refractivity contribution in [1.29, 1.82) is 0 Å². The maximum absolute atomic E-state index is 12.8. The Morgan fingerprint density at radius 1 is 1.69 bits per heavy atom. The zero-order valence-corrected chi connectivity index (χ0v) is 8.82. The number of pyridine rings is 1. The van der Waals surface area contributed by atoms with E-state index >= 15 is 0 Å². The van der Waals surface area contributed by atoms with Crippen molar-refractivity contribution < 1.29 is 9.18 Å². The summed E-state index contributed by atoms with van der Waals surface area (Å²) in [4.78, 5) is 14.4. The van der Waals surface area contributed by atoms with E-state index < -0.39 is 5.95 Å². The summed E-state index contributed by atoms with van der Waals surface area (Å²) in [5, 5.41) is 3.06. The molecule has 0 aliphatic carbocycles. The predicted octanol–water partition coefficient (Wildman–Crippen LogP) is 0.227. The number of amides is 1. The van der Waals surface area contributed by atoms with Crippen molar-refractivity contribution in [3.63, 3.8) is 0 Å². The number of nitrogens with one attached hydrogen (secondary N) is 1. The van der Waals surface area contributed by atoms with Gasteiger partial charge in [0.1, 0.15) is 0 Å². The van der Waals surface area contributed by atoms with Gasteiger partial charge in [-0.3, -0.25) is 4.79 Å². The Hall–Kier alpha value is -1.49. The van der Waals surface area contributed by atoms with E-state index in [4.69, 9.17) is 5.73 Å². The largest absolute Gasteiger partial charge is 0.368 e. The first-order valence-corrected chi connectivity index (χ1v) is 5.28. The van der Waals surface area contributed by atoms with Crippen LogP contribution in [0.15, 0.2) is 18.3 Å². The molecule has 1 fully saturated rings. The van der Waals surface area contributed by atoms with Gasteiger partial charge in [-0.25, -0.2) is 4.98 Å². The van der Waals surface area contributed by atoms with Crippen LogP contribution in [0.3, 0.4) is 0 Å². The van der Waals surface area contributed by atoms with Gasteiger partial charge in [-0.2, -0.15) is 4.39 Å². The van der Waals surface area contributed by atoms with Gasteiger partial charge in [-0.15, -0.1) is 0 Å². The molecular formula is C11H14FN3O. The molecule has 3 N–H and O–H groups in total. The topological polar surface area (TPSA) is 68.0 Å². The summed E-state index contributed by atoms with van der Waals surface area (Å²) in [5.74, 6) is -0.447. The van der Waals surface area contributed by atoms with Gasteiger partial charge >= 0.3 is 0 Å². The number of carbonyl (C=O) groups excluding carboxylic acids is 1. The number of nitrogens with zero attached hydrogens (tertiary/aromatic N) is 1. The second-order valence-electron chi connectivity index (χ2n) is 4.16. The summed E-state index contributed by atoms with van der Waals surface area (Å²) in [6, 6.07) is 2.98. The Labute approximate surface area is 93.1 Å². The average Bonchev–Trinajstić information content (AvgIpc) is 2.66. The van der Waals surface area contributed by atoms with E-state index in [1.165, 1.54) is 12.3 Å². The molecular weight excluding hydrogens is 209 g/mol. The van der Waals surface area contributed by atoms with Crippen LogP contribution < -0.4 is 11.1 Å². The van der Waals surface area contributed by atoms with Crippen LogP contribution in [0.4, 0.5) is 4.39 Å². The Morgan fingerprint density at radius 2 is 2.50 bits per heavy atom. The van der Waals surface area contributed by atoms with Gasteiger partial charge in [0.05, 0.1) is 6.04 Å². The van der Waals surface area contributed by atoms with E-state index in [1.807, 2.05) is 0 Å². The van der Waals surface area contributed by atoms with Crippen LogP contribution >= 0.6 is 0 Å². The van der Waals surface area contributed by atoms with Crippen molar-refractivity contribution in [2.24, 2.45) is 11.7 Å². The molecule has 2 atom stereocenters. The second kappa shape index (κ2) is 4.57. The minimum atomic E-state index is -0.463. The molecule has 0 radical (unpaired) electrons. The lowest BCUT2D eigenvalue weighted by Crippen LogP contribution is -2.36. The highest BCUT2D eigenvalue weighted by Crippen LogP contribution is 2.19. The number of hydrogen-bond donors (Lipinski definition) is 2. The molecule has 0 aromatic carbocycles. The third kappa shape index (κ3) is 2.55. The maximum Gasteiger partial charge on any atom is 0.234 e. The van der Waals surface area contributed by atoms with Crippen LogP contribution in [0, 0.1) is 11.9 Å². The summed E-state index contributed by atoms with van der Waals surface area (Å²) < 4.78 is 12.8. The van der Waals surface area contributed by atoms with Gasteiger partial charge in [0, 0.05) is 6.20 Å². The number of nitrogens with two attached hydrogens (primary N) is 1. The molecule has 0 saturated carbocycles. The van der Waals surface area contributed by atoms with Crippen molar-refractivity contribution in [2.75, 3.05) is 6.54 Å². The van der Waals surface area contributed by atoms with Crippen LogP contribution in [-0.2, 0) is 11.2 Å². The molecule has 2 rings (SSSR count). The molecule has 1 saturated heterocycles. The van der Waals surface area contributed by atoms with E-state index in [-0.39, 0.29) is 11.9 Å². The third-order valence-electron chi connectivity index (χ3n) is 2.88. The molecule has 16 heavy (non-hydrogen) atoms. The lowest BCUT2D eigenvalue weighted by Gasteiger charge is -2.08. The number of aromatic nitrogens is 1. The first-order chi connectivity index (χ1) is 7.65. The van der Waals surface area contributed by atoms with Crippen molar-refractivity contribution in [1.82, 2.24) is 10.3 Å². The molecule has 86 valence electrons. The molecule has 1 aromatic rings. The fourth-order valence-corrected chi connectivity index (χ4v) is 2.08. The first-order valence-electron chi connectivity index (χ1n) is 5.28. The lowest BCUT2D eigenvalue weighted by atomic mass is 9.97. The average molecular weight is 223 g/mol. The number of carbonyl (C=O) groups is 1. The maximum atomic E-state index is 12.8.